The Balaban J connectivity index is 0.881. The average Bonchev–Trinajstić information content (AvgIpc) is 4.57. The van der Waals surface area contributed by atoms with Crippen molar-refractivity contribution in [1.82, 2.24) is 50.3 Å². The molecular formula is C59H78F3N11O6S. The SMILES string of the molecule is CO[C@@H](C)c1ncc(N2CCN(C3CC3)CC2)cc1-c1c2c3cc(ccc3n1CC(F)(F)F)-c1csc(n1)C[C@H](NC(=O)[C@H](C(C)C)N1CC[C@]3(CCN(C(=O)[C@@H]4N[C@@H]4C4CC4)C3)C1)C(=O)N1CCC[C@H](N1)C(=O)OCC(C)(C)C2. The number of pyridine rings is 1. The number of aromatic nitrogens is 3. The molecule has 432 valence electrons. The standard InChI is InChI=1S/C59H78F3N11O6S/c1-34(2)51(70-18-15-58(30-70)16-19-71(31-58)55(76)50-49(66-50)36-9-10-36)53(74)65-44-26-47-64-45(29-80-47)37-11-14-46-40(24-37)42(27-57(4,5)33-79-56(77)43-8-7-17-73(67-43)54(44)75)52(72(46)32-59(60,61)62)41-25-39(28-63-48(41)35(3)78-6)69-22-20-68(21-23-69)38-12-13-38/h11,14,24-25,28-29,34-36,38,43-44,49-51,66-67H,7-10,12-13,15-23,26-27,30-33H2,1-6H3,(H,65,74)/t35-,43-,44-,49+,50+,51-,58-/m0/s1. The quantitative estimate of drug-likeness (QED) is 0.101. The number of halogens is 3. The second kappa shape index (κ2) is 21.5. The summed E-state index contributed by atoms with van der Waals surface area (Å²) < 4.78 is 58.9. The lowest BCUT2D eigenvalue weighted by Gasteiger charge is -2.37. The van der Waals surface area contributed by atoms with Gasteiger partial charge in [-0.3, -0.25) is 44.3 Å². The minimum atomic E-state index is -4.60. The molecule has 12 rings (SSSR count). The van der Waals surface area contributed by atoms with Crippen LogP contribution >= 0.6 is 11.3 Å². The number of thiazole rings is 1. The Morgan fingerprint density at radius 1 is 0.975 bits per heavy atom. The van der Waals surface area contributed by atoms with Crippen molar-refractivity contribution in [3.8, 4) is 22.5 Å². The van der Waals surface area contributed by atoms with E-state index in [0.717, 1.165) is 44.7 Å². The first-order valence-electron chi connectivity index (χ1n) is 29.3. The second-order valence-electron chi connectivity index (χ2n) is 25.6. The molecule has 9 heterocycles. The van der Waals surface area contributed by atoms with Crippen molar-refractivity contribution in [3.63, 3.8) is 0 Å². The van der Waals surface area contributed by atoms with Crippen LogP contribution in [0.3, 0.4) is 0 Å². The number of fused-ring (bicyclic) bond motifs is 6. The Kier molecular flexibility index (Phi) is 14.9. The Morgan fingerprint density at radius 2 is 1.75 bits per heavy atom. The molecule has 80 heavy (non-hydrogen) atoms. The molecule has 8 aliphatic rings. The van der Waals surface area contributed by atoms with Crippen LogP contribution in [-0.2, 0) is 48.0 Å². The van der Waals surface area contributed by atoms with E-state index in [1.54, 1.807) is 19.2 Å². The fourth-order valence-electron chi connectivity index (χ4n) is 13.8. The predicted octanol–water partition coefficient (Wildman–Crippen LogP) is 6.73. The number of cyclic esters (lactones) is 1. The minimum Gasteiger partial charge on any atom is -0.464 e. The number of carbonyl (C=O) groups excluding carboxylic acids is 4. The number of anilines is 1. The van der Waals surface area contributed by atoms with Crippen molar-refractivity contribution in [2.24, 2.45) is 22.7 Å². The fraction of sp³-hybridized carbons (Fsp3) is 0.661. The van der Waals surface area contributed by atoms with Gasteiger partial charge in [-0.05, 0) is 107 Å². The number of methoxy groups -OCH3 is 1. The number of carbonyl (C=O) groups is 4. The van der Waals surface area contributed by atoms with Gasteiger partial charge in [-0.2, -0.15) is 13.2 Å². The zero-order valence-corrected chi connectivity index (χ0v) is 47.9. The summed E-state index contributed by atoms with van der Waals surface area (Å²) in [5, 5.41) is 11.1. The highest BCUT2D eigenvalue weighted by molar-refractivity contribution is 7.10. The molecule has 5 saturated heterocycles. The van der Waals surface area contributed by atoms with Crippen molar-refractivity contribution in [2.75, 3.05) is 77.5 Å². The van der Waals surface area contributed by atoms with E-state index >= 15 is 13.2 Å². The number of likely N-dealkylation sites (tertiary alicyclic amines) is 2. The zero-order valence-electron chi connectivity index (χ0n) is 47.1. The molecule has 2 saturated carbocycles. The topological polar surface area (TPSA) is 180 Å². The van der Waals surface area contributed by atoms with Crippen molar-refractivity contribution >= 4 is 51.6 Å². The molecule has 0 unspecified atom stereocenters. The summed E-state index contributed by atoms with van der Waals surface area (Å²) in [5.41, 5.74) is 6.80. The lowest BCUT2D eigenvalue weighted by atomic mass is 9.84. The smallest absolute Gasteiger partial charge is 0.406 e. The van der Waals surface area contributed by atoms with Crippen molar-refractivity contribution in [2.45, 2.75) is 154 Å². The average molecular weight is 1130 g/mol. The highest BCUT2D eigenvalue weighted by atomic mass is 32.1. The summed E-state index contributed by atoms with van der Waals surface area (Å²) >= 11 is 1.35. The van der Waals surface area contributed by atoms with Gasteiger partial charge in [0.2, 0.25) is 11.8 Å². The largest absolute Gasteiger partial charge is 0.464 e. The maximum absolute atomic E-state index is 15.2. The molecule has 4 aromatic rings. The maximum Gasteiger partial charge on any atom is 0.406 e. The van der Waals surface area contributed by atoms with Gasteiger partial charge in [0.15, 0.2) is 0 Å². The number of piperazine rings is 1. The molecule has 3 N–H and O–H groups in total. The molecule has 7 atom stereocenters. The third-order valence-corrected chi connectivity index (χ3v) is 19.4. The van der Waals surface area contributed by atoms with Crippen LogP contribution in [0.4, 0.5) is 18.9 Å². The lowest BCUT2D eigenvalue weighted by Crippen LogP contribution is -2.62. The summed E-state index contributed by atoms with van der Waals surface area (Å²) in [6, 6.07) is 5.82. The van der Waals surface area contributed by atoms with Crippen LogP contribution in [0.2, 0.25) is 0 Å². The number of benzene rings is 1. The van der Waals surface area contributed by atoms with Crippen LogP contribution < -0.4 is 21.0 Å². The number of hydrogen-bond acceptors (Lipinski definition) is 14. The van der Waals surface area contributed by atoms with Crippen molar-refractivity contribution in [3.05, 3.63) is 52.1 Å². The van der Waals surface area contributed by atoms with E-state index in [-0.39, 0.29) is 48.6 Å². The van der Waals surface area contributed by atoms with Gasteiger partial charge in [0.25, 0.3) is 5.91 Å². The highest BCUT2D eigenvalue weighted by Gasteiger charge is 2.55. The molecule has 6 aliphatic heterocycles. The summed E-state index contributed by atoms with van der Waals surface area (Å²) in [4.78, 5) is 76.7. The summed E-state index contributed by atoms with van der Waals surface area (Å²) in [7, 11) is 1.57. The minimum absolute atomic E-state index is 0.0542. The van der Waals surface area contributed by atoms with Gasteiger partial charge in [0.05, 0.1) is 52.7 Å². The number of hydrazine groups is 1. The van der Waals surface area contributed by atoms with E-state index in [1.807, 2.05) is 63.2 Å². The third-order valence-electron chi connectivity index (χ3n) is 18.5. The number of nitrogens with zero attached hydrogens (tertiary/aromatic N) is 8. The number of hydrogen-bond donors (Lipinski definition) is 3. The van der Waals surface area contributed by atoms with Crippen LogP contribution in [0, 0.1) is 22.7 Å². The van der Waals surface area contributed by atoms with E-state index in [1.165, 1.54) is 46.6 Å². The van der Waals surface area contributed by atoms with E-state index in [4.69, 9.17) is 19.4 Å². The molecule has 1 spiro atoms. The Bertz CT molecular complexity index is 3020. The highest BCUT2D eigenvalue weighted by Crippen LogP contribution is 2.46. The monoisotopic (exact) mass is 1130 g/mol. The Morgan fingerprint density at radius 3 is 2.48 bits per heavy atom. The van der Waals surface area contributed by atoms with Crippen LogP contribution in [0.25, 0.3) is 33.4 Å². The molecule has 17 nitrogen and oxygen atoms in total. The first kappa shape index (κ1) is 55.3. The lowest BCUT2D eigenvalue weighted by molar-refractivity contribution is -0.155. The predicted molar refractivity (Wildman–Crippen MR) is 298 cm³/mol. The Labute approximate surface area is 470 Å². The zero-order chi connectivity index (χ0) is 56.0. The summed E-state index contributed by atoms with van der Waals surface area (Å²) in [6.45, 7) is 14.8. The number of ether oxygens (including phenoxy) is 2. The maximum atomic E-state index is 15.2. The molecule has 6 bridgehead atoms. The molecule has 21 heteroatoms. The van der Waals surface area contributed by atoms with Crippen molar-refractivity contribution < 1.29 is 41.8 Å². The van der Waals surface area contributed by atoms with E-state index in [2.05, 4.69) is 30.8 Å². The van der Waals surface area contributed by atoms with Gasteiger partial charge < -0.3 is 29.2 Å². The molecule has 0 radical (unpaired) electrons. The van der Waals surface area contributed by atoms with Crippen LogP contribution in [-0.4, -0.2) is 173 Å². The van der Waals surface area contributed by atoms with Crippen molar-refractivity contribution in [1.29, 1.82) is 0 Å². The van der Waals surface area contributed by atoms with Gasteiger partial charge in [0.1, 0.15) is 24.7 Å². The molecule has 7 fully saturated rings. The first-order valence-corrected chi connectivity index (χ1v) is 30.1. The van der Waals surface area contributed by atoms with E-state index in [9.17, 15) is 19.2 Å². The van der Waals surface area contributed by atoms with Gasteiger partial charge in [-0.15, -0.1) is 11.3 Å². The number of rotatable bonds is 12. The fourth-order valence-corrected chi connectivity index (χ4v) is 14.7. The number of amides is 3. The van der Waals surface area contributed by atoms with E-state index in [0.29, 0.717) is 113 Å². The number of esters is 1. The molecule has 3 aromatic heterocycles. The normalized spacial score (nSPS) is 27.7. The molecule has 3 amide bonds. The summed E-state index contributed by atoms with van der Waals surface area (Å²) in [6.07, 6.45) is 4.39. The van der Waals surface area contributed by atoms with Gasteiger partial charge in [0, 0.05) is 116 Å². The summed E-state index contributed by atoms with van der Waals surface area (Å²) in [5.74, 6) is -0.508. The second-order valence-corrected chi connectivity index (χ2v) is 26.5. The third kappa shape index (κ3) is 11.4. The number of nitrogens with one attached hydrogen (secondary N) is 3. The molecule has 1 aromatic carbocycles. The first-order chi connectivity index (χ1) is 38.2. The van der Waals surface area contributed by atoms with E-state index < -0.39 is 54.2 Å². The van der Waals surface area contributed by atoms with Crippen LogP contribution in [0.15, 0.2) is 35.8 Å². The van der Waals surface area contributed by atoms with Crippen LogP contribution in [0.5, 0.6) is 0 Å². The number of alkyl halides is 3. The van der Waals surface area contributed by atoms with Crippen LogP contribution in [0.1, 0.15) is 108 Å². The van der Waals surface area contributed by atoms with Gasteiger partial charge in [-0.1, -0.05) is 33.8 Å². The van der Waals surface area contributed by atoms with Gasteiger partial charge >= 0.3 is 12.1 Å². The van der Waals surface area contributed by atoms with Gasteiger partial charge in [-0.25, -0.2) is 10.4 Å². The molecular weight excluding hydrogens is 1050 g/mol. The molecule has 2 aliphatic carbocycles. The Hall–Kier alpha value is -5.19.